The molecule has 10 nitrogen and oxygen atoms in total. The van der Waals surface area contributed by atoms with Crippen molar-refractivity contribution in [3.8, 4) is 11.1 Å². The SMILES string of the molecule is CN(C(=O)OCc1ccccc1)c1ccc2c(c1)N(C(=O)c1ccc(-c3ccc4[nH]ccc4c3)c([N+](=O)[O-])c1)CCCN2. The molecule has 10 heteroatoms. The van der Waals surface area contributed by atoms with Crippen LogP contribution in [0.3, 0.4) is 0 Å². The molecule has 1 aliphatic heterocycles. The van der Waals surface area contributed by atoms with Crippen LogP contribution in [0.5, 0.6) is 0 Å². The van der Waals surface area contributed by atoms with Crippen molar-refractivity contribution in [3.63, 3.8) is 0 Å². The van der Waals surface area contributed by atoms with Crippen LogP contribution in [0.1, 0.15) is 22.3 Å². The molecule has 0 spiro atoms. The molecule has 0 unspecified atom stereocenters. The molecule has 4 aromatic carbocycles. The summed E-state index contributed by atoms with van der Waals surface area (Å²) >= 11 is 0. The Bertz CT molecular complexity index is 1830. The van der Waals surface area contributed by atoms with Gasteiger partial charge >= 0.3 is 6.09 Å². The van der Waals surface area contributed by atoms with Gasteiger partial charge in [-0.3, -0.25) is 19.8 Å². The molecule has 2 heterocycles. The summed E-state index contributed by atoms with van der Waals surface area (Å²) in [5.74, 6) is -0.368. The summed E-state index contributed by atoms with van der Waals surface area (Å²) in [6.07, 6.45) is 1.95. The number of rotatable bonds is 6. The smallest absolute Gasteiger partial charge is 0.414 e. The third kappa shape index (κ3) is 5.62. The summed E-state index contributed by atoms with van der Waals surface area (Å²) < 4.78 is 5.48. The molecule has 6 rings (SSSR count). The van der Waals surface area contributed by atoms with E-state index in [2.05, 4.69) is 10.3 Å². The van der Waals surface area contributed by atoms with Crippen LogP contribution in [0.2, 0.25) is 0 Å². The molecule has 1 aromatic heterocycles. The highest BCUT2D eigenvalue weighted by Crippen LogP contribution is 2.36. The van der Waals surface area contributed by atoms with Gasteiger partial charge in [0, 0.05) is 49.2 Å². The number of anilines is 3. The lowest BCUT2D eigenvalue weighted by atomic mass is 9.99. The zero-order valence-electron chi connectivity index (χ0n) is 23.4. The Hall–Kier alpha value is -5.64. The van der Waals surface area contributed by atoms with E-state index in [9.17, 15) is 19.7 Å². The number of aromatic nitrogens is 1. The Kier molecular flexibility index (Phi) is 7.48. The number of hydrogen-bond acceptors (Lipinski definition) is 6. The molecule has 0 fully saturated rings. The molecular formula is C33H29N5O5. The largest absolute Gasteiger partial charge is 0.444 e. The van der Waals surface area contributed by atoms with Crippen LogP contribution in [-0.4, -0.2) is 42.0 Å². The lowest BCUT2D eigenvalue weighted by molar-refractivity contribution is -0.384. The van der Waals surface area contributed by atoms with Gasteiger partial charge in [-0.2, -0.15) is 0 Å². The summed E-state index contributed by atoms with van der Waals surface area (Å²) in [6, 6.07) is 26.8. The first-order valence-electron chi connectivity index (χ1n) is 13.9. The van der Waals surface area contributed by atoms with Gasteiger partial charge < -0.3 is 19.9 Å². The molecular weight excluding hydrogens is 546 g/mol. The lowest BCUT2D eigenvalue weighted by Gasteiger charge is -2.25. The number of carbonyl (C=O) groups is 2. The highest BCUT2D eigenvalue weighted by molar-refractivity contribution is 6.09. The molecule has 0 saturated carbocycles. The van der Waals surface area contributed by atoms with E-state index in [-0.39, 0.29) is 23.8 Å². The molecule has 216 valence electrons. The molecule has 43 heavy (non-hydrogen) atoms. The summed E-state index contributed by atoms with van der Waals surface area (Å²) in [6.45, 7) is 1.17. The zero-order chi connectivity index (χ0) is 29.9. The Morgan fingerprint density at radius 2 is 1.84 bits per heavy atom. The van der Waals surface area contributed by atoms with Crippen molar-refractivity contribution in [2.75, 3.05) is 35.3 Å². The summed E-state index contributed by atoms with van der Waals surface area (Å²) in [5, 5.41) is 16.4. The first-order valence-corrected chi connectivity index (χ1v) is 13.9. The van der Waals surface area contributed by atoms with Crippen molar-refractivity contribution in [1.82, 2.24) is 4.98 Å². The van der Waals surface area contributed by atoms with E-state index in [0.717, 1.165) is 22.2 Å². The van der Waals surface area contributed by atoms with Crippen molar-refractivity contribution in [2.24, 2.45) is 0 Å². The topological polar surface area (TPSA) is 121 Å². The number of nitrogens with zero attached hydrogens (tertiary/aromatic N) is 3. The normalized spacial score (nSPS) is 12.6. The first-order chi connectivity index (χ1) is 20.9. The van der Waals surface area contributed by atoms with Crippen LogP contribution >= 0.6 is 0 Å². The van der Waals surface area contributed by atoms with E-state index in [1.165, 1.54) is 11.0 Å². The number of nitro benzene ring substituents is 1. The van der Waals surface area contributed by atoms with E-state index in [4.69, 9.17) is 4.74 Å². The number of ether oxygens (including phenoxy) is 1. The van der Waals surface area contributed by atoms with E-state index in [0.29, 0.717) is 42.0 Å². The predicted octanol–water partition coefficient (Wildman–Crippen LogP) is 6.98. The summed E-state index contributed by atoms with van der Waals surface area (Å²) in [7, 11) is 1.61. The number of benzene rings is 4. The van der Waals surface area contributed by atoms with E-state index < -0.39 is 11.0 Å². The zero-order valence-corrected chi connectivity index (χ0v) is 23.4. The molecule has 1 aliphatic rings. The van der Waals surface area contributed by atoms with E-state index in [1.54, 1.807) is 36.2 Å². The average Bonchev–Trinajstić information content (AvgIpc) is 3.41. The van der Waals surface area contributed by atoms with Gasteiger partial charge in [-0.1, -0.05) is 36.4 Å². The third-order valence-corrected chi connectivity index (χ3v) is 7.56. The highest BCUT2D eigenvalue weighted by atomic mass is 16.6. The van der Waals surface area contributed by atoms with Gasteiger partial charge in [0.2, 0.25) is 0 Å². The van der Waals surface area contributed by atoms with Crippen LogP contribution < -0.4 is 15.1 Å². The predicted molar refractivity (Wildman–Crippen MR) is 167 cm³/mol. The van der Waals surface area contributed by atoms with Gasteiger partial charge in [0.05, 0.1) is 21.9 Å². The molecule has 2 N–H and O–H groups in total. The molecule has 0 aliphatic carbocycles. The number of carbonyl (C=O) groups excluding carboxylic acids is 2. The monoisotopic (exact) mass is 575 g/mol. The maximum absolute atomic E-state index is 13.9. The molecule has 0 bridgehead atoms. The maximum atomic E-state index is 13.9. The van der Waals surface area contributed by atoms with Crippen LogP contribution in [0, 0.1) is 10.1 Å². The molecule has 0 atom stereocenters. The number of nitrogens with one attached hydrogen (secondary N) is 2. The second kappa shape index (κ2) is 11.7. The fraction of sp³-hybridized carbons (Fsp3) is 0.152. The lowest BCUT2D eigenvalue weighted by Crippen LogP contribution is -2.32. The minimum absolute atomic E-state index is 0.134. The van der Waals surface area contributed by atoms with Gasteiger partial charge in [0.1, 0.15) is 6.61 Å². The van der Waals surface area contributed by atoms with Gasteiger partial charge in [0.15, 0.2) is 0 Å². The first kappa shape index (κ1) is 27.5. The van der Waals surface area contributed by atoms with Crippen molar-refractivity contribution >= 4 is 45.7 Å². The number of nitro groups is 1. The van der Waals surface area contributed by atoms with Crippen LogP contribution in [-0.2, 0) is 11.3 Å². The van der Waals surface area contributed by atoms with Gasteiger partial charge in [0.25, 0.3) is 11.6 Å². The van der Waals surface area contributed by atoms with E-state index in [1.807, 2.05) is 66.9 Å². The Labute approximate surface area is 247 Å². The fourth-order valence-electron chi connectivity index (χ4n) is 5.25. The minimum atomic E-state index is -0.535. The number of fused-ring (bicyclic) bond motifs is 2. The quantitative estimate of drug-likeness (QED) is 0.166. The van der Waals surface area contributed by atoms with E-state index >= 15 is 0 Å². The molecule has 0 radical (unpaired) electrons. The molecule has 5 aromatic rings. The van der Waals surface area contributed by atoms with Gasteiger partial charge in [-0.05, 0) is 71.5 Å². The van der Waals surface area contributed by atoms with Crippen LogP contribution in [0.15, 0.2) is 97.2 Å². The Balaban J connectivity index is 1.28. The highest BCUT2D eigenvalue weighted by Gasteiger charge is 2.27. The van der Waals surface area contributed by atoms with Crippen molar-refractivity contribution in [3.05, 3.63) is 118 Å². The average molecular weight is 576 g/mol. The number of aromatic amines is 1. The number of H-pyrrole nitrogens is 1. The summed E-state index contributed by atoms with van der Waals surface area (Å²) in [5.41, 5.74) is 4.82. The minimum Gasteiger partial charge on any atom is -0.444 e. The fourth-order valence-corrected chi connectivity index (χ4v) is 5.25. The number of amides is 2. The Morgan fingerprint density at radius 1 is 1.00 bits per heavy atom. The Morgan fingerprint density at radius 3 is 2.65 bits per heavy atom. The summed E-state index contributed by atoms with van der Waals surface area (Å²) in [4.78, 5) is 44.6. The maximum Gasteiger partial charge on any atom is 0.414 e. The second-order valence-corrected chi connectivity index (χ2v) is 10.3. The van der Waals surface area contributed by atoms with Crippen LogP contribution in [0.25, 0.3) is 22.0 Å². The van der Waals surface area contributed by atoms with Crippen molar-refractivity contribution in [2.45, 2.75) is 13.0 Å². The van der Waals surface area contributed by atoms with Crippen molar-refractivity contribution < 1.29 is 19.2 Å². The molecule has 0 saturated heterocycles. The van der Waals surface area contributed by atoms with Crippen molar-refractivity contribution in [1.29, 1.82) is 0 Å². The second-order valence-electron chi connectivity index (χ2n) is 10.3. The number of hydrogen-bond donors (Lipinski definition) is 2. The van der Waals surface area contributed by atoms with Gasteiger partial charge in [-0.25, -0.2) is 4.79 Å². The van der Waals surface area contributed by atoms with Crippen LogP contribution in [0.4, 0.5) is 27.5 Å². The third-order valence-electron chi connectivity index (χ3n) is 7.56. The van der Waals surface area contributed by atoms with Gasteiger partial charge in [-0.15, -0.1) is 0 Å². The standard InChI is InChI=1S/C33H29N5O5/c1-36(33(40)43-21-22-6-3-2-4-7-22)26-10-13-29-31(20-26)37(17-5-15-34-29)32(39)25-8-11-27(30(19-25)38(41)42)23-9-12-28-24(18-23)14-16-35-28/h2-4,6-14,16,18-20,34-35H,5,15,17,21H2,1H3. The molecule has 2 amide bonds.